The van der Waals surface area contributed by atoms with Crippen molar-refractivity contribution < 1.29 is 4.79 Å². The van der Waals surface area contributed by atoms with E-state index in [9.17, 15) is 4.79 Å². The SMILES string of the molecule is CN(CC1CC1)C(=O)C1CCCN1C1CCNCC1. The molecule has 0 aromatic heterocycles. The van der Waals surface area contributed by atoms with Crippen LogP contribution in [0.5, 0.6) is 0 Å². The van der Waals surface area contributed by atoms with Crippen LogP contribution in [-0.2, 0) is 4.79 Å². The third-order valence-electron chi connectivity index (χ3n) is 4.96. The number of rotatable bonds is 4. The van der Waals surface area contributed by atoms with Crippen LogP contribution in [0.15, 0.2) is 0 Å². The molecule has 108 valence electrons. The molecule has 4 nitrogen and oxygen atoms in total. The van der Waals surface area contributed by atoms with E-state index in [0.29, 0.717) is 11.9 Å². The van der Waals surface area contributed by atoms with E-state index in [1.165, 1.54) is 32.1 Å². The van der Waals surface area contributed by atoms with Crippen molar-refractivity contribution in [3.8, 4) is 0 Å². The van der Waals surface area contributed by atoms with E-state index < -0.39 is 0 Å². The van der Waals surface area contributed by atoms with Crippen LogP contribution in [0.2, 0.25) is 0 Å². The molecule has 1 amide bonds. The minimum absolute atomic E-state index is 0.173. The zero-order valence-electron chi connectivity index (χ0n) is 12.1. The number of hydrogen-bond donors (Lipinski definition) is 1. The lowest BCUT2D eigenvalue weighted by Crippen LogP contribution is -2.51. The molecule has 19 heavy (non-hydrogen) atoms. The van der Waals surface area contributed by atoms with Crippen molar-refractivity contribution in [3.63, 3.8) is 0 Å². The second kappa shape index (κ2) is 5.80. The summed E-state index contributed by atoms with van der Waals surface area (Å²) in [6, 6.07) is 0.805. The van der Waals surface area contributed by atoms with Crippen molar-refractivity contribution in [3.05, 3.63) is 0 Å². The molecule has 2 heterocycles. The van der Waals surface area contributed by atoms with Crippen LogP contribution in [-0.4, -0.2) is 61.0 Å². The average molecular weight is 265 g/mol. The fourth-order valence-corrected chi connectivity index (χ4v) is 3.66. The van der Waals surface area contributed by atoms with Crippen LogP contribution in [0, 0.1) is 5.92 Å². The van der Waals surface area contributed by atoms with Crippen LogP contribution in [0.3, 0.4) is 0 Å². The van der Waals surface area contributed by atoms with Crippen LogP contribution >= 0.6 is 0 Å². The largest absolute Gasteiger partial charge is 0.344 e. The number of amides is 1. The number of piperidine rings is 1. The third-order valence-corrected chi connectivity index (χ3v) is 4.96. The summed E-state index contributed by atoms with van der Waals surface area (Å²) in [4.78, 5) is 17.1. The summed E-state index contributed by atoms with van der Waals surface area (Å²) in [5.74, 6) is 1.17. The summed E-state index contributed by atoms with van der Waals surface area (Å²) in [7, 11) is 2.00. The molecule has 2 aliphatic heterocycles. The van der Waals surface area contributed by atoms with Crippen LogP contribution in [0.1, 0.15) is 38.5 Å². The molecular formula is C15H27N3O. The van der Waals surface area contributed by atoms with Crippen molar-refractivity contribution in [2.24, 2.45) is 5.92 Å². The molecule has 0 aromatic carbocycles. The van der Waals surface area contributed by atoms with Crippen LogP contribution in [0.4, 0.5) is 0 Å². The van der Waals surface area contributed by atoms with E-state index in [-0.39, 0.29) is 6.04 Å². The summed E-state index contributed by atoms with van der Waals surface area (Å²) in [6.07, 6.45) is 7.31. The fraction of sp³-hybridized carbons (Fsp3) is 0.933. The maximum Gasteiger partial charge on any atom is 0.239 e. The second-order valence-corrected chi connectivity index (χ2v) is 6.54. The Labute approximate surface area is 116 Å². The lowest BCUT2D eigenvalue weighted by atomic mass is 10.0. The van der Waals surface area contributed by atoms with Gasteiger partial charge in [0.1, 0.15) is 0 Å². The third kappa shape index (κ3) is 3.11. The van der Waals surface area contributed by atoms with Crippen molar-refractivity contribution in [1.29, 1.82) is 0 Å². The Morgan fingerprint density at radius 3 is 2.63 bits per heavy atom. The van der Waals surface area contributed by atoms with Gasteiger partial charge in [0, 0.05) is 19.6 Å². The molecule has 3 fully saturated rings. The molecule has 1 aliphatic carbocycles. The molecule has 3 rings (SSSR count). The molecule has 0 aromatic rings. The van der Waals surface area contributed by atoms with Crippen molar-refractivity contribution >= 4 is 5.91 Å². The first-order chi connectivity index (χ1) is 9.25. The number of carbonyl (C=O) groups excluding carboxylic acids is 1. The van der Waals surface area contributed by atoms with E-state index in [4.69, 9.17) is 0 Å². The van der Waals surface area contributed by atoms with Gasteiger partial charge in [-0.3, -0.25) is 9.69 Å². The van der Waals surface area contributed by atoms with Gasteiger partial charge in [0.15, 0.2) is 0 Å². The van der Waals surface area contributed by atoms with Gasteiger partial charge in [-0.15, -0.1) is 0 Å². The van der Waals surface area contributed by atoms with E-state index in [1.807, 2.05) is 11.9 Å². The minimum Gasteiger partial charge on any atom is -0.344 e. The topological polar surface area (TPSA) is 35.6 Å². The molecule has 4 heteroatoms. The Balaban J connectivity index is 1.59. The molecule has 0 radical (unpaired) electrons. The Hall–Kier alpha value is -0.610. The molecular weight excluding hydrogens is 238 g/mol. The highest BCUT2D eigenvalue weighted by atomic mass is 16.2. The molecule has 1 unspecified atom stereocenters. The molecule has 1 saturated carbocycles. The summed E-state index contributed by atoms with van der Waals surface area (Å²) < 4.78 is 0. The number of likely N-dealkylation sites (N-methyl/N-ethyl adjacent to an activating group) is 1. The first-order valence-corrected chi connectivity index (χ1v) is 7.97. The monoisotopic (exact) mass is 265 g/mol. The van der Waals surface area contributed by atoms with Gasteiger partial charge in [-0.25, -0.2) is 0 Å². The number of likely N-dealkylation sites (tertiary alicyclic amines) is 1. The molecule has 3 aliphatic rings. The minimum atomic E-state index is 0.173. The normalized spacial score (nSPS) is 29.6. The van der Waals surface area contributed by atoms with Gasteiger partial charge in [-0.2, -0.15) is 0 Å². The smallest absolute Gasteiger partial charge is 0.239 e. The second-order valence-electron chi connectivity index (χ2n) is 6.54. The van der Waals surface area contributed by atoms with Crippen molar-refractivity contribution in [1.82, 2.24) is 15.1 Å². The molecule has 1 atom stereocenters. The van der Waals surface area contributed by atoms with Gasteiger partial charge in [0.25, 0.3) is 0 Å². The van der Waals surface area contributed by atoms with Crippen LogP contribution < -0.4 is 5.32 Å². The quantitative estimate of drug-likeness (QED) is 0.826. The van der Waals surface area contributed by atoms with Gasteiger partial charge < -0.3 is 10.2 Å². The Kier molecular flexibility index (Phi) is 4.08. The zero-order valence-corrected chi connectivity index (χ0v) is 12.1. The first-order valence-electron chi connectivity index (χ1n) is 7.97. The number of hydrogen-bond acceptors (Lipinski definition) is 3. The standard InChI is InChI=1S/C15H27N3O/c1-17(11-12-4-5-12)15(19)14-3-2-10-18(14)13-6-8-16-9-7-13/h12-14,16H,2-11H2,1H3. The Morgan fingerprint density at radius 2 is 1.95 bits per heavy atom. The van der Waals surface area contributed by atoms with Crippen LogP contribution in [0.25, 0.3) is 0 Å². The predicted molar refractivity (Wildman–Crippen MR) is 76.0 cm³/mol. The van der Waals surface area contributed by atoms with Crippen molar-refractivity contribution in [2.45, 2.75) is 50.6 Å². The van der Waals surface area contributed by atoms with Gasteiger partial charge in [-0.05, 0) is 64.1 Å². The number of carbonyl (C=O) groups is 1. The van der Waals surface area contributed by atoms with Gasteiger partial charge >= 0.3 is 0 Å². The number of nitrogens with zero attached hydrogens (tertiary/aromatic N) is 2. The predicted octanol–water partition coefficient (Wildman–Crippen LogP) is 1.07. The van der Waals surface area contributed by atoms with Crippen molar-refractivity contribution in [2.75, 3.05) is 33.2 Å². The Morgan fingerprint density at radius 1 is 1.21 bits per heavy atom. The highest BCUT2D eigenvalue weighted by Gasteiger charge is 2.37. The maximum atomic E-state index is 12.6. The summed E-state index contributed by atoms with van der Waals surface area (Å²) in [6.45, 7) is 4.33. The van der Waals surface area contributed by atoms with Gasteiger partial charge in [0.05, 0.1) is 6.04 Å². The molecule has 2 saturated heterocycles. The lowest BCUT2D eigenvalue weighted by molar-refractivity contribution is -0.135. The molecule has 0 spiro atoms. The summed E-state index contributed by atoms with van der Waals surface area (Å²) >= 11 is 0. The van der Waals surface area contributed by atoms with E-state index in [0.717, 1.165) is 38.5 Å². The highest BCUT2D eigenvalue weighted by molar-refractivity contribution is 5.82. The van der Waals surface area contributed by atoms with Gasteiger partial charge in [-0.1, -0.05) is 0 Å². The van der Waals surface area contributed by atoms with Gasteiger partial charge in [0.2, 0.25) is 5.91 Å². The zero-order chi connectivity index (χ0) is 13.2. The Bertz CT molecular complexity index is 323. The van der Waals surface area contributed by atoms with E-state index >= 15 is 0 Å². The average Bonchev–Trinajstić information content (AvgIpc) is 3.12. The molecule has 1 N–H and O–H groups in total. The van der Waals surface area contributed by atoms with E-state index in [1.54, 1.807) is 0 Å². The fourth-order valence-electron chi connectivity index (χ4n) is 3.66. The molecule has 0 bridgehead atoms. The van der Waals surface area contributed by atoms with E-state index in [2.05, 4.69) is 10.2 Å². The lowest BCUT2D eigenvalue weighted by Gasteiger charge is -2.36. The summed E-state index contributed by atoms with van der Waals surface area (Å²) in [5.41, 5.74) is 0. The number of nitrogens with one attached hydrogen (secondary N) is 1. The maximum absolute atomic E-state index is 12.6. The first kappa shape index (κ1) is 13.4. The highest BCUT2D eigenvalue weighted by Crippen LogP contribution is 2.31. The summed E-state index contributed by atoms with van der Waals surface area (Å²) in [5, 5.41) is 3.42.